The van der Waals surface area contributed by atoms with Crippen molar-refractivity contribution < 1.29 is 23.4 Å². The molecule has 0 atom stereocenters. The van der Waals surface area contributed by atoms with Crippen LogP contribution in [0.5, 0.6) is 11.5 Å². The van der Waals surface area contributed by atoms with E-state index in [1.807, 2.05) is 35.0 Å². The van der Waals surface area contributed by atoms with Crippen LogP contribution in [0.15, 0.2) is 42.5 Å². The largest absolute Gasteiger partial charge is 0.493 e. The van der Waals surface area contributed by atoms with E-state index in [1.165, 1.54) is 12.1 Å². The lowest BCUT2D eigenvalue weighted by atomic mass is 10.2. The summed E-state index contributed by atoms with van der Waals surface area (Å²) in [5, 5.41) is 0. The molecule has 3 rings (SSSR count). The zero-order chi connectivity index (χ0) is 20.6. The first-order valence-corrected chi connectivity index (χ1v) is 9.63. The van der Waals surface area contributed by atoms with Gasteiger partial charge in [0.25, 0.3) is 0 Å². The number of nitrogens with zero attached hydrogens (tertiary/aromatic N) is 2. The molecule has 1 fully saturated rings. The topological polar surface area (TPSA) is 51.2 Å². The van der Waals surface area contributed by atoms with Gasteiger partial charge in [0.15, 0.2) is 11.5 Å². The van der Waals surface area contributed by atoms with E-state index >= 15 is 0 Å². The minimum atomic E-state index is -0.271. The highest BCUT2D eigenvalue weighted by Crippen LogP contribution is 2.29. The van der Waals surface area contributed by atoms with E-state index in [1.54, 1.807) is 19.2 Å². The van der Waals surface area contributed by atoms with Gasteiger partial charge < -0.3 is 19.1 Å². The number of hydrogen-bond acceptors (Lipinski definition) is 5. The Labute approximate surface area is 170 Å². The monoisotopic (exact) mass is 402 g/mol. The van der Waals surface area contributed by atoms with Crippen LogP contribution in [0.25, 0.3) is 0 Å². The third-order valence-electron chi connectivity index (χ3n) is 4.76. The van der Waals surface area contributed by atoms with E-state index in [0.29, 0.717) is 57.5 Å². The molecule has 0 aliphatic carbocycles. The normalized spacial score (nSPS) is 14.1. The number of likely N-dealkylation sites (N-methyl/N-ethyl adjacent to an activating group) is 1. The smallest absolute Gasteiger partial charge is 0.236 e. The van der Waals surface area contributed by atoms with Gasteiger partial charge in [0.2, 0.25) is 5.91 Å². The van der Waals surface area contributed by atoms with Crippen molar-refractivity contribution >= 4 is 5.91 Å². The van der Waals surface area contributed by atoms with Gasteiger partial charge in [0.05, 0.1) is 26.9 Å². The van der Waals surface area contributed by atoms with E-state index in [0.717, 1.165) is 11.1 Å². The van der Waals surface area contributed by atoms with Gasteiger partial charge in [-0.15, -0.1) is 0 Å². The number of methoxy groups -OCH3 is 1. The number of halogens is 1. The number of morpholine rings is 1. The Kier molecular flexibility index (Phi) is 7.43. The number of carbonyl (C=O) groups excluding carboxylic acids is 1. The summed E-state index contributed by atoms with van der Waals surface area (Å²) >= 11 is 0. The van der Waals surface area contributed by atoms with Crippen LogP contribution < -0.4 is 9.47 Å². The molecule has 0 N–H and O–H groups in total. The van der Waals surface area contributed by atoms with Crippen LogP contribution in [0.4, 0.5) is 4.39 Å². The zero-order valence-electron chi connectivity index (χ0n) is 16.9. The van der Waals surface area contributed by atoms with Gasteiger partial charge in [0, 0.05) is 19.6 Å². The van der Waals surface area contributed by atoms with Gasteiger partial charge in [-0.1, -0.05) is 18.2 Å². The molecule has 0 spiro atoms. The molecule has 29 heavy (non-hydrogen) atoms. The Morgan fingerprint density at radius 3 is 2.48 bits per heavy atom. The van der Waals surface area contributed by atoms with Crippen molar-refractivity contribution in [3.05, 3.63) is 59.4 Å². The van der Waals surface area contributed by atoms with E-state index in [9.17, 15) is 9.18 Å². The van der Waals surface area contributed by atoms with Crippen LogP contribution in [-0.2, 0) is 22.7 Å². The standard InChI is InChI=1S/C22H27FN2O4/c1-24(15-22(26)25-9-11-28-12-10-25)14-18-5-8-20(21(13-18)27-2)29-16-17-3-6-19(23)7-4-17/h3-8,13H,9-12,14-16H2,1-2H3. The van der Waals surface area contributed by atoms with Crippen LogP contribution in [0.3, 0.4) is 0 Å². The maximum atomic E-state index is 13.0. The van der Waals surface area contributed by atoms with E-state index < -0.39 is 0 Å². The predicted octanol–water partition coefficient (Wildman–Crippen LogP) is 2.70. The third kappa shape index (κ3) is 6.17. The maximum Gasteiger partial charge on any atom is 0.236 e. The van der Waals surface area contributed by atoms with Gasteiger partial charge >= 0.3 is 0 Å². The van der Waals surface area contributed by atoms with Crippen molar-refractivity contribution in [1.82, 2.24) is 9.80 Å². The van der Waals surface area contributed by atoms with Crippen molar-refractivity contribution in [2.24, 2.45) is 0 Å². The molecule has 1 saturated heterocycles. The third-order valence-corrected chi connectivity index (χ3v) is 4.76. The number of rotatable bonds is 8. The summed E-state index contributed by atoms with van der Waals surface area (Å²) < 4.78 is 29.6. The summed E-state index contributed by atoms with van der Waals surface area (Å²) in [5.74, 6) is 1.08. The zero-order valence-corrected chi connectivity index (χ0v) is 16.9. The number of carbonyl (C=O) groups is 1. The first-order chi connectivity index (χ1) is 14.0. The number of hydrogen-bond donors (Lipinski definition) is 0. The highest BCUT2D eigenvalue weighted by atomic mass is 19.1. The highest BCUT2D eigenvalue weighted by molar-refractivity contribution is 5.78. The summed E-state index contributed by atoms with van der Waals surface area (Å²) in [6, 6.07) is 11.9. The summed E-state index contributed by atoms with van der Waals surface area (Å²) in [4.78, 5) is 16.2. The number of amides is 1. The lowest BCUT2D eigenvalue weighted by Gasteiger charge is -2.28. The quantitative estimate of drug-likeness (QED) is 0.680. The predicted molar refractivity (Wildman–Crippen MR) is 107 cm³/mol. The van der Waals surface area contributed by atoms with Crippen molar-refractivity contribution in [1.29, 1.82) is 0 Å². The maximum absolute atomic E-state index is 13.0. The molecule has 2 aromatic carbocycles. The van der Waals surface area contributed by atoms with E-state index in [2.05, 4.69) is 0 Å². The first kappa shape index (κ1) is 21.1. The molecule has 2 aromatic rings. The minimum Gasteiger partial charge on any atom is -0.493 e. The molecule has 0 unspecified atom stereocenters. The van der Waals surface area contributed by atoms with Crippen molar-refractivity contribution in [3.8, 4) is 11.5 Å². The Bertz CT molecular complexity index is 807. The summed E-state index contributed by atoms with van der Waals surface area (Å²) in [6.45, 7) is 3.80. The van der Waals surface area contributed by atoms with Gasteiger partial charge in [-0.2, -0.15) is 0 Å². The van der Waals surface area contributed by atoms with Crippen LogP contribution in [0.2, 0.25) is 0 Å². The van der Waals surface area contributed by atoms with E-state index in [4.69, 9.17) is 14.2 Å². The Morgan fingerprint density at radius 2 is 1.79 bits per heavy atom. The molecule has 1 aliphatic rings. The van der Waals surface area contributed by atoms with Crippen molar-refractivity contribution in [2.75, 3.05) is 47.0 Å². The molecule has 1 aliphatic heterocycles. The lowest BCUT2D eigenvalue weighted by Crippen LogP contribution is -2.44. The lowest BCUT2D eigenvalue weighted by molar-refractivity contribution is -0.136. The average Bonchev–Trinajstić information content (AvgIpc) is 2.74. The Balaban J connectivity index is 1.55. The SMILES string of the molecule is COc1cc(CN(C)CC(=O)N2CCOCC2)ccc1OCc1ccc(F)cc1. The molecule has 1 amide bonds. The fourth-order valence-corrected chi connectivity index (χ4v) is 3.18. The second kappa shape index (κ2) is 10.2. The van der Waals surface area contributed by atoms with Crippen molar-refractivity contribution in [3.63, 3.8) is 0 Å². The van der Waals surface area contributed by atoms with Gasteiger partial charge in [-0.25, -0.2) is 4.39 Å². The molecule has 6 nitrogen and oxygen atoms in total. The molecule has 0 radical (unpaired) electrons. The first-order valence-electron chi connectivity index (χ1n) is 9.63. The number of benzene rings is 2. The van der Waals surface area contributed by atoms with Gasteiger partial charge in [0.1, 0.15) is 12.4 Å². The van der Waals surface area contributed by atoms with Crippen LogP contribution in [0.1, 0.15) is 11.1 Å². The molecule has 1 heterocycles. The molecular formula is C22H27FN2O4. The van der Waals surface area contributed by atoms with Crippen LogP contribution >= 0.6 is 0 Å². The summed E-state index contributed by atoms with van der Waals surface area (Å²) in [7, 11) is 3.51. The van der Waals surface area contributed by atoms with E-state index in [-0.39, 0.29) is 11.7 Å². The summed E-state index contributed by atoms with van der Waals surface area (Å²) in [6.07, 6.45) is 0. The second-order valence-electron chi connectivity index (χ2n) is 7.07. The molecule has 0 aromatic heterocycles. The number of ether oxygens (including phenoxy) is 3. The van der Waals surface area contributed by atoms with Gasteiger partial charge in [-0.3, -0.25) is 9.69 Å². The summed E-state index contributed by atoms with van der Waals surface area (Å²) in [5.41, 5.74) is 1.90. The second-order valence-corrected chi connectivity index (χ2v) is 7.07. The molecule has 156 valence electrons. The van der Waals surface area contributed by atoms with Crippen LogP contribution in [0, 0.1) is 5.82 Å². The minimum absolute atomic E-state index is 0.113. The fraction of sp³-hybridized carbons (Fsp3) is 0.409. The average molecular weight is 402 g/mol. The Hall–Kier alpha value is -2.64. The molecular weight excluding hydrogens is 375 g/mol. The Morgan fingerprint density at radius 1 is 1.10 bits per heavy atom. The van der Waals surface area contributed by atoms with Crippen LogP contribution in [-0.4, -0.2) is 62.7 Å². The van der Waals surface area contributed by atoms with Gasteiger partial charge in [-0.05, 0) is 42.4 Å². The molecule has 7 heteroatoms. The molecule has 0 saturated carbocycles. The van der Waals surface area contributed by atoms with Crippen molar-refractivity contribution in [2.45, 2.75) is 13.2 Å². The molecule has 0 bridgehead atoms. The fourth-order valence-electron chi connectivity index (χ4n) is 3.18. The highest BCUT2D eigenvalue weighted by Gasteiger charge is 2.18.